The molecule has 0 aromatic rings. The predicted molar refractivity (Wildman–Crippen MR) is 129 cm³/mol. The molecule has 4 fully saturated rings. The Labute approximate surface area is 208 Å². The summed E-state index contributed by atoms with van der Waals surface area (Å²) in [7, 11) is 0. The van der Waals surface area contributed by atoms with Gasteiger partial charge in [-0.1, -0.05) is 40.7 Å². The van der Waals surface area contributed by atoms with Gasteiger partial charge in [0.2, 0.25) is 0 Å². The van der Waals surface area contributed by atoms with Gasteiger partial charge in [0.05, 0.1) is 30.1 Å². The van der Waals surface area contributed by atoms with Gasteiger partial charge in [-0.15, -0.1) is 0 Å². The fourth-order valence-electron chi connectivity index (χ4n) is 8.47. The topological polar surface area (TPSA) is 110 Å². The van der Waals surface area contributed by atoms with E-state index in [1.165, 1.54) is 0 Å². The first-order valence-electron chi connectivity index (χ1n) is 13.4. The number of hydrogen-bond donors (Lipinski definition) is 2. The van der Waals surface area contributed by atoms with E-state index in [2.05, 4.69) is 20.4 Å². The number of rotatable bonds is 7. The highest BCUT2D eigenvalue weighted by atomic mass is 16.5. The van der Waals surface area contributed by atoms with E-state index < -0.39 is 35.1 Å². The maximum atomic E-state index is 13.8. The minimum atomic E-state index is -1.32. The molecule has 4 saturated carbocycles. The van der Waals surface area contributed by atoms with Crippen LogP contribution in [0.1, 0.15) is 85.5 Å². The third kappa shape index (κ3) is 3.79. The highest BCUT2D eigenvalue weighted by Gasteiger charge is 2.76. The monoisotopic (exact) mass is 490 g/mol. The summed E-state index contributed by atoms with van der Waals surface area (Å²) in [6.07, 6.45) is 2.59. The van der Waals surface area contributed by atoms with Crippen molar-refractivity contribution >= 4 is 17.7 Å². The van der Waals surface area contributed by atoms with E-state index in [0.717, 1.165) is 25.7 Å². The number of esters is 2. The average molecular weight is 491 g/mol. The van der Waals surface area contributed by atoms with Crippen LogP contribution in [0.4, 0.5) is 0 Å². The Bertz CT molecular complexity index is 898. The van der Waals surface area contributed by atoms with E-state index >= 15 is 0 Å². The second-order valence-corrected chi connectivity index (χ2v) is 12.1. The third-order valence-electron chi connectivity index (χ3n) is 10.0. The van der Waals surface area contributed by atoms with Gasteiger partial charge in [-0.25, -0.2) is 0 Å². The summed E-state index contributed by atoms with van der Waals surface area (Å²) in [5.74, 6) is -1.88. The Morgan fingerprint density at radius 2 is 1.69 bits per heavy atom. The standard InChI is InChI=1S/C28H42O7/c1-6-9-21(30)34-15-26(4)11-8-12-27(5)18(26)14-20(29)28-19(27)13-17(35-22(31)10-7-2)23(25(28)33)16(3)24(28)32/h17-20,23,25,29,33H,3,6-15H2,1-2,4-5H3/t17-,18+,19-,20+,23+,25+,26+,27+,28-/m0/s1. The molecule has 2 N–H and O–H groups in total. The molecule has 1 spiro atoms. The molecule has 35 heavy (non-hydrogen) atoms. The number of carbonyl (C=O) groups is 3. The first-order valence-corrected chi connectivity index (χ1v) is 13.4. The van der Waals surface area contributed by atoms with E-state index in [1.54, 1.807) is 0 Å². The molecule has 9 atom stereocenters. The molecule has 7 heteroatoms. The molecule has 0 saturated heterocycles. The molecule has 2 bridgehead atoms. The van der Waals surface area contributed by atoms with E-state index in [1.807, 2.05) is 13.8 Å². The molecule has 4 rings (SSSR count). The lowest BCUT2D eigenvalue weighted by atomic mass is 9.39. The number of fused-ring (bicyclic) bond motifs is 3. The van der Waals surface area contributed by atoms with Crippen molar-refractivity contribution in [1.82, 2.24) is 0 Å². The normalized spacial score (nSPS) is 44.4. The second-order valence-electron chi connectivity index (χ2n) is 12.1. The van der Waals surface area contributed by atoms with Gasteiger partial charge in [-0.05, 0) is 61.3 Å². The summed E-state index contributed by atoms with van der Waals surface area (Å²) in [4.78, 5) is 38.4. The number of carbonyl (C=O) groups excluding carboxylic acids is 3. The van der Waals surface area contributed by atoms with Crippen LogP contribution in [0.5, 0.6) is 0 Å². The molecule has 4 aliphatic carbocycles. The molecular formula is C28H42O7. The van der Waals surface area contributed by atoms with E-state index in [0.29, 0.717) is 25.7 Å². The van der Waals surface area contributed by atoms with Gasteiger partial charge in [0.15, 0.2) is 5.78 Å². The molecular weight excluding hydrogens is 448 g/mol. The zero-order valence-corrected chi connectivity index (χ0v) is 21.7. The van der Waals surface area contributed by atoms with Crippen LogP contribution in [0.3, 0.4) is 0 Å². The Balaban J connectivity index is 1.71. The first kappa shape index (κ1) is 26.3. The van der Waals surface area contributed by atoms with E-state index in [4.69, 9.17) is 9.47 Å². The first-order chi connectivity index (χ1) is 16.5. The Morgan fingerprint density at radius 3 is 2.34 bits per heavy atom. The van der Waals surface area contributed by atoms with Crippen LogP contribution in [0, 0.1) is 34.0 Å². The van der Waals surface area contributed by atoms with Crippen molar-refractivity contribution in [2.24, 2.45) is 34.0 Å². The zero-order chi connectivity index (χ0) is 25.8. The molecule has 7 nitrogen and oxygen atoms in total. The molecule has 0 aliphatic heterocycles. The lowest BCUT2D eigenvalue weighted by Crippen LogP contribution is -2.69. The molecule has 196 valence electrons. The fourth-order valence-corrected chi connectivity index (χ4v) is 8.47. The van der Waals surface area contributed by atoms with Gasteiger partial charge in [0, 0.05) is 18.3 Å². The molecule has 4 aliphatic rings. The molecule has 0 radical (unpaired) electrons. The molecule has 0 aromatic heterocycles. The van der Waals surface area contributed by atoms with Gasteiger partial charge in [0.25, 0.3) is 0 Å². The van der Waals surface area contributed by atoms with Crippen LogP contribution < -0.4 is 0 Å². The van der Waals surface area contributed by atoms with Gasteiger partial charge in [-0.2, -0.15) is 0 Å². The minimum absolute atomic E-state index is 0.0128. The maximum Gasteiger partial charge on any atom is 0.306 e. The lowest BCUT2D eigenvalue weighted by Gasteiger charge is -2.65. The van der Waals surface area contributed by atoms with Crippen LogP contribution in [-0.4, -0.2) is 52.9 Å². The average Bonchev–Trinajstić information content (AvgIpc) is 2.91. The minimum Gasteiger partial charge on any atom is -0.465 e. The number of aliphatic hydroxyl groups excluding tert-OH is 2. The molecule has 0 unspecified atom stereocenters. The van der Waals surface area contributed by atoms with E-state index in [9.17, 15) is 24.6 Å². The number of aliphatic hydroxyl groups is 2. The van der Waals surface area contributed by atoms with Crippen LogP contribution in [0.2, 0.25) is 0 Å². The molecule has 0 aromatic carbocycles. The van der Waals surface area contributed by atoms with Crippen molar-refractivity contribution in [1.29, 1.82) is 0 Å². The molecule has 0 heterocycles. The number of hydrogen-bond acceptors (Lipinski definition) is 7. The fraction of sp³-hybridized carbons (Fsp3) is 0.821. The van der Waals surface area contributed by atoms with Crippen molar-refractivity contribution in [2.45, 2.75) is 104 Å². The van der Waals surface area contributed by atoms with Crippen LogP contribution in [-0.2, 0) is 23.9 Å². The third-order valence-corrected chi connectivity index (χ3v) is 10.0. The summed E-state index contributed by atoms with van der Waals surface area (Å²) in [6.45, 7) is 12.4. The van der Waals surface area contributed by atoms with Crippen molar-refractivity contribution < 1.29 is 34.1 Å². The lowest BCUT2D eigenvalue weighted by molar-refractivity contribution is -0.245. The van der Waals surface area contributed by atoms with Crippen LogP contribution in [0.25, 0.3) is 0 Å². The van der Waals surface area contributed by atoms with Gasteiger partial charge >= 0.3 is 11.9 Å². The van der Waals surface area contributed by atoms with Crippen LogP contribution >= 0.6 is 0 Å². The van der Waals surface area contributed by atoms with Gasteiger partial charge in [-0.3, -0.25) is 14.4 Å². The van der Waals surface area contributed by atoms with Gasteiger partial charge in [0.1, 0.15) is 6.10 Å². The Morgan fingerprint density at radius 1 is 1.03 bits per heavy atom. The number of Topliss-reactive ketones (excluding diaryl/α,β-unsaturated/α-hetero) is 1. The largest absolute Gasteiger partial charge is 0.465 e. The maximum absolute atomic E-state index is 13.8. The summed E-state index contributed by atoms with van der Waals surface area (Å²) >= 11 is 0. The molecule has 0 amide bonds. The van der Waals surface area contributed by atoms with Crippen molar-refractivity contribution in [2.75, 3.05) is 6.61 Å². The van der Waals surface area contributed by atoms with E-state index in [-0.39, 0.29) is 53.6 Å². The summed E-state index contributed by atoms with van der Waals surface area (Å²) in [6, 6.07) is 0. The highest BCUT2D eigenvalue weighted by Crippen LogP contribution is 2.71. The summed E-state index contributed by atoms with van der Waals surface area (Å²) < 4.78 is 11.5. The van der Waals surface area contributed by atoms with Crippen LogP contribution in [0.15, 0.2) is 12.2 Å². The van der Waals surface area contributed by atoms with Gasteiger partial charge < -0.3 is 19.7 Å². The smallest absolute Gasteiger partial charge is 0.306 e. The van der Waals surface area contributed by atoms with Crippen molar-refractivity contribution in [3.05, 3.63) is 12.2 Å². The Hall–Kier alpha value is -1.73. The predicted octanol–water partition coefficient (Wildman–Crippen LogP) is 3.74. The van der Waals surface area contributed by atoms with Crippen molar-refractivity contribution in [3.8, 4) is 0 Å². The van der Waals surface area contributed by atoms with Crippen molar-refractivity contribution in [3.63, 3.8) is 0 Å². The summed E-state index contributed by atoms with van der Waals surface area (Å²) in [5.41, 5.74) is -1.81. The number of ether oxygens (including phenoxy) is 2. The highest BCUT2D eigenvalue weighted by molar-refractivity contribution is 6.04. The summed E-state index contributed by atoms with van der Waals surface area (Å²) in [5, 5.41) is 23.2. The SMILES string of the molecule is C=C1C(=O)[C@@]23[C@H](O)C[C@@H]4[C@@](C)(COC(=O)CCC)CCC[C@@]4(C)[C@@H]2C[C@H](OC(=O)CCC)[C@@H]1[C@H]3O. The number of ketones is 1. The second kappa shape index (κ2) is 9.29. The zero-order valence-electron chi connectivity index (χ0n) is 21.7. The Kier molecular flexibility index (Phi) is 6.99. The quantitative estimate of drug-likeness (QED) is 0.413.